The first-order valence-corrected chi connectivity index (χ1v) is 8.88. The van der Waals surface area contributed by atoms with Crippen LogP contribution in [0.25, 0.3) is 11.3 Å². The maximum atomic E-state index is 13.3. The summed E-state index contributed by atoms with van der Waals surface area (Å²) in [5.41, 5.74) is 3.12. The number of nitrogens with zero attached hydrogens (tertiary/aromatic N) is 3. The number of thioether (sulfide) groups is 1. The fourth-order valence-electron chi connectivity index (χ4n) is 2.63. The summed E-state index contributed by atoms with van der Waals surface area (Å²) >= 11 is 1.50. The van der Waals surface area contributed by atoms with Gasteiger partial charge in [-0.1, -0.05) is 49.0 Å². The fourth-order valence-corrected chi connectivity index (χ4v) is 3.13. The first kappa shape index (κ1) is 15.8. The van der Waals surface area contributed by atoms with Gasteiger partial charge in [-0.25, -0.2) is 4.39 Å². The van der Waals surface area contributed by atoms with Crippen LogP contribution in [0.1, 0.15) is 18.7 Å². The molecule has 0 spiro atoms. The van der Waals surface area contributed by atoms with E-state index in [0.29, 0.717) is 16.7 Å². The topological polar surface area (TPSA) is 59.9 Å². The van der Waals surface area contributed by atoms with Gasteiger partial charge in [0.05, 0.1) is 0 Å². The Bertz CT molecular complexity index is 904. The normalized spacial score (nSPS) is 15.4. The molecule has 1 aliphatic rings. The van der Waals surface area contributed by atoms with Crippen molar-refractivity contribution in [3.63, 3.8) is 0 Å². The molecule has 1 N–H and O–H groups in total. The lowest BCUT2D eigenvalue weighted by Gasteiger charge is -2.19. The van der Waals surface area contributed by atoms with Crippen LogP contribution < -0.4 is 10.1 Å². The molecule has 0 unspecified atom stereocenters. The maximum Gasteiger partial charge on any atom is 0.247 e. The molecular formula is C18H15FN4OS. The Hall–Kier alpha value is -2.67. The molecule has 1 aliphatic heterocycles. The maximum absolute atomic E-state index is 13.3. The predicted octanol–water partition coefficient (Wildman–Crippen LogP) is 4.29. The number of hydrogen-bond donors (Lipinski definition) is 1. The van der Waals surface area contributed by atoms with Crippen molar-refractivity contribution in [2.75, 3.05) is 11.1 Å². The van der Waals surface area contributed by atoms with Crippen molar-refractivity contribution in [3.05, 3.63) is 59.9 Å². The Balaban J connectivity index is 1.82. The van der Waals surface area contributed by atoms with Gasteiger partial charge in [0, 0.05) is 16.8 Å². The van der Waals surface area contributed by atoms with E-state index in [-0.39, 0.29) is 5.82 Å². The van der Waals surface area contributed by atoms with E-state index in [1.54, 1.807) is 12.1 Å². The van der Waals surface area contributed by atoms with Gasteiger partial charge < -0.3 is 10.1 Å². The van der Waals surface area contributed by atoms with Gasteiger partial charge in [0.15, 0.2) is 11.9 Å². The number of rotatable bonds is 3. The number of anilines is 1. The van der Waals surface area contributed by atoms with Gasteiger partial charge in [0.25, 0.3) is 0 Å². The third-order valence-electron chi connectivity index (χ3n) is 3.78. The van der Waals surface area contributed by atoms with Crippen LogP contribution in [-0.4, -0.2) is 20.9 Å². The zero-order valence-corrected chi connectivity index (χ0v) is 14.3. The van der Waals surface area contributed by atoms with Crippen molar-refractivity contribution in [2.24, 2.45) is 0 Å². The molecule has 25 heavy (non-hydrogen) atoms. The Kier molecular flexibility index (Phi) is 4.23. The van der Waals surface area contributed by atoms with Gasteiger partial charge in [-0.15, -0.1) is 10.2 Å². The Morgan fingerprint density at radius 2 is 1.92 bits per heavy atom. The summed E-state index contributed by atoms with van der Waals surface area (Å²) in [5, 5.41) is 12.4. The molecule has 1 aromatic heterocycles. The number of halogens is 1. The number of nitrogens with one attached hydrogen (secondary N) is 1. The smallest absolute Gasteiger partial charge is 0.247 e. The SMILES string of the molecule is CCSc1nnc2c(n1)O[C@@H](c1ccc(F)cc1)Nc1ccccc1-2. The lowest BCUT2D eigenvalue weighted by Crippen LogP contribution is -2.17. The lowest BCUT2D eigenvalue weighted by atomic mass is 10.1. The average Bonchev–Trinajstić information content (AvgIpc) is 2.79. The minimum atomic E-state index is -0.501. The second kappa shape index (κ2) is 6.68. The number of benzene rings is 2. The molecule has 0 amide bonds. The van der Waals surface area contributed by atoms with E-state index in [2.05, 4.69) is 20.5 Å². The first-order chi connectivity index (χ1) is 12.2. The van der Waals surface area contributed by atoms with Gasteiger partial charge >= 0.3 is 0 Å². The first-order valence-electron chi connectivity index (χ1n) is 7.90. The molecule has 0 aliphatic carbocycles. The van der Waals surface area contributed by atoms with E-state index in [0.717, 1.165) is 22.6 Å². The van der Waals surface area contributed by atoms with Gasteiger partial charge in [-0.3, -0.25) is 0 Å². The molecular weight excluding hydrogens is 339 g/mol. The van der Waals surface area contributed by atoms with E-state index in [1.807, 2.05) is 31.2 Å². The zero-order valence-electron chi connectivity index (χ0n) is 13.4. The van der Waals surface area contributed by atoms with Crippen LogP contribution >= 0.6 is 11.8 Å². The summed E-state index contributed by atoms with van der Waals surface area (Å²) in [6, 6.07) is 14.0. The molecule has 5 nitrogen and oxygen atoms in total. The predicted molar refractivity (Wildman–Crippen MR) is 95.1 cm³/mol. The molecule has 2 aromatic carbocycles. The highest BCUT2D eigenvalue weighted by Crippen LogP contribution is 2.39. The third-order valence-corrected chi connectivity index (χ3v) is 4.50. The standard InChI is InChI=1S/C18H15FN4OS/c1-2-25-18-21-17-15(22-23-18)13-5-3-4-6-14(13)20-16(24-17)11-7-9-12(19)10-8-11/h3-10,16,20H,2H2,1H3/t16-/m0/s1. The molecule has 126 valence electrons. The zero-order chi connectivity index (χ0) is 17.2. The molecule has 0 saturated carbocycles. The van der Waals surface area contributed by atoms with E-state index >= 15 is 0 Å². The number of aromatic nitrogens is 3. The van der Waals surface area contributed by atoms with Gasteiger partial charge in [-0.05, 0) is 24.0 Å². The van der Waals surface area contributed by atoms with Crippen LogP contribution in [0.2, 0.25) is 0 Å². The van der Waals surface area contributed by atoms with Crippen LogP contribution in [0.3, 0.4) is 0 Å². The summed E-state index contributed by atoms with van der Waals surface area (Å²) in [6.07, 6.45) is -0.501. The van der Waals surface area contributed by atoms with Crippen molar-refractivity contribution in [2.45, 2.75) is 18.3 Å². The van der Waals surface area contributed by atoms with Crippen molar-refractivity contribution in [3.8, 4) is 17.1 Å². The van der Waals surface area contributed by atoms with Crippen molar-refractivity contribution < 1.29 is 9.13 Å². The number of hydrogen-bond acceptors (Lipinski definition) is 6. The molecule has 1 atom stereocenters. The van der Waals surface area contributed by atoms with Gasteiger partial charge in [-0.2, -0.15) is 4.98 Å². The Morgan fingerprint density at radius 3 is 2.72 bits per heavy atom. The second-order valence-electron chi connectivity index (χ2n) is 5.42. The highest BCUT2D eigenvalue weighted by molar-refractivity contribution is 7.99. The molecule has 0 fully saturated rings. The van der Waals surface area contributed by atoms with E-state index < -0.39 is 6.23 Å². The summed E-state index contributed by atoms with van der Waals surface area (Å²) in [4.78, 5) is 4.51. The van der Waals surface area contributed by atoms with Gasteiger partial charge in [0.2, 0.25) is 11.0 Å². The minimum absolute atomic E-state index is 0.288. The average molecular weight is 354 g/mol. The second-order valence-corrected chi connectivity index (χ2v) is 6.65. The molecule has 0 bridgehead atoms. The minimum Gasteiger partial charge on any atom is -0.448 e. The molecule has 3 aromatic rings. The van der Waals surface area contributed by atoms with E-state index in [1.165, 1.54) is 23.9 Å². The van der Waals surface area contributed by atoms with Crippen LogP contribution in [0.5, 0.6) is 5.88 Å². The van der Waals surface area contributed by atoms with Crippen molar-refractivity contribution in [1.82, 2.24) is 15.2 Å². The molecule has 7 heteroatoms. The molecule has 0 saturated heterocycles. The Labute approximate surface area is 148 Å². The Morgan fingerprint density at radius 1 is 1.12 bits per heavy atom. The highest BCUT2D eigenvalue weighted by Gasteiger charge is 2.25. The molecule has 2 heterocycles. The highest BCUT2D eigenvalue weighted by atomic mass is 32.2. The lowest BCUT2D eigenvalue weighted by molar-refractivity contribution is 0.225. The number of ether oxygens (including phenoxy) is 1. The number of fused-ring (bicyclic) bond motifs is 3. The quantitative estimate of drug-likeness (QED) is 0.708. The van der Waals surface area contributed by atoms with Crippen LogP contribution in [0.4, 0.5) is 10.1 Å². The largest absolute Gasteiger partial charge is 0.448 e. The van der Waals surface area contributed by atoms with Crippen molar-refractivity contribution >= 4 is 17.4 Å². The monoisotopic (exact) mass is 354 g/mol. The molecule has 0 radical (unpaired) electrons. The van der Waals surface area contributed by atoms with Gasteiger partial charge in [0.1, 0.15) is 5.82 Å². The van der Waals surface area contributed by atoms with Crippen LogP contribution in [0.15, 0.2) is 53.7 Å². The summed E-state index contributed by atoms with van der Waals surface area (Å²) in [6.45, 7) is 2.03. The van der Waals surface area contributed by atoms with Crippen LogP contribution in [-0.2, 0) is 0 Å². The van der Waals surface area contributed by atoms with Crippen LogP contribution in [0, 0.1) is 5.82 Å². The third kappa shape index (κ3) is 3.15. The van der Waals surface area contributed by atoms with E-state index in [9.17, 15) is 4.39 Å². The summed E-state index contributed by atoms with van der Waals surface area (Å²) in [7, 11) is 0. The summed E-state index contributed by atoms with van der Waals surface area (Å²) in [5.74, 6) is 0.970. The molecule has 4 rings (SSSR count). The fraction of sp³-hybridized carbons (Fsp3) is 0.167. The number of para-hydroxylation sites is 1. The summed E-state index contributed by atoms with van der Waals surface area (Å²) < 4.78 is 19.3. The van der Waals surface area contributed by atoms with Crippen molar-refractivity contribution in [1.29, 1.82) is 0 Å². The van der Waals surface area contributed by atoms with E-state index in [4.69, 9.17) is 4.74 Å².